The SMILES string of the molecule is CC(C)(c1ccc(Br)cc1)c1csc(NC(=O)NCc2ccc(CN3CCNCC3)c(F)c2)n1. The summed E-state index contributed by atoms with van der Waals surface area (Å²) in [5, 5.41) is 11.4. The molecular formula is C25H29BrFN5OS. The minimum absolute atomic E-state index is 0.235. The molecule has 0 atom stereocenters. The Kier molecular flexibility index (Phi) is 7.98. The fourth-order valence-electron chi connectivity index (χ4n) is 3.90. The molecule has 1 aliphatic heterocycles. The van der Waals surface area contributed by atoms with E-state index >= 15 is 0 Å². The molecule has 3 N–H and O–H groups in total. The summed E-state index contributed by atoms with van der Waals surface area (Å²) in [5.74, 6) is -0.238. The van der Waals surface area contributed by atoms with Gasteiger partial charge in [-0.05, 0) is 29.3 Å². The number of piperazine rings is 1. The van der Waals surface area contributed by atoms with Crippen LogP contribution in [-0.4, -0.2) is 42.1 Å². The van der Waals surface area contributed by atoms with Gasteiger partial charge in [0.05, 0.1) is 5.69 Å². The first-order valence-corrected chi connectivity index (χ1v) is 13.0. The third-order valence-electron chi connectivity index (χ3n) is 6.11. The third-order valence-corrected chi connectivity index (χ3v) is 7.39. The quantitative estimate of drug-likeness (QED) is 0.386. The lowest BCUT2D eigenvalue weighted by Crippen LogP contribution is -2.43. The zero-order valence-corrected chi connectivity index (χ0v) is 21.7. The number of amides is 2. The summed E-state index contributed by atoms with van der Waals surface area (Å²) in [6.45, 7) is 8.75. The summed E-state index contributed by atoms with van der Waals surface area (Å²) in [5.41, 5.74) is 3.13. The number of hydrogen-bond acceptors (Lipinski definition) is 5. The van der Waals surface area contributed by atoms with Crippen LogP contribution in [0.3, 0.4) is 0 Å². The molecule has 180 valence electrons. The molecular weight excluding hydrogens is 517 g/mol. The van der Waals surface area contributed by atoms with Gasteiger partial charge in [-0.1, -0.05) is 54.0 Å². The van der Waals surface area contributed by atoms with Gasteiger partial charge in [-0.2, -0.15) is 0 Å². The Morgan fingerprint density at radius 1 is 1.21 bits per heavy atom. The lowest BCUT2D eigenvalue weighted by Gasteiger charge is -2.27. The number of urea groups is 1. The first-order chi connectivity index (χ1) is 16.3. The largest absolute Gasteiger partial charge is 0.334 e. The molecule has 0 unspecified atom stereocenters. The van der Waals surface area contributed by atoms with Crippen molar-refractivity contribution in [2.75, 3.05) is 31.5 Å². The highest BCUT2D eigenvalue weighted by molar-refractivity contribution is 9.10. The second-order valence-corrected chi connectivity index (χ2v) is 10.7. The number of hydrogen-bond donors (Lipinski definition) is 3. The second kappa shape index (κ2) is 10.9. The predicted molar refractivity (Wildman–Crippen MR) is 139 cm³/mol. The first kappa shape index (κ1) is 24.8. The van der Waals surface area contributed by atoms with E-state index in [9.17, 15) is 9.18 Å². The Labute approximate surface area is 212 Å². The molecule has 1 saturated heterocycles. The Hall–Kier alpha value is -2.33. The van der Waals surface area contributed by atoms with Crippen LogP contribution in [0, 0.1) is 5.82 Å². The van der Waals surface area contributed by atoms with Crippen molar-refractivity contribution in [2.24, 2.45) is 0 Å². The van der Waals surface area contributed by atoms with Crippen LogP contribution in [0.1, 0.15) is 36.2 Å². The van der Waals surface area contributed by atoms with Gasteiger partial charge in [0.2, 0.25) is 0 Å². The summed E-state index contributed by atoms with van der Waals surface area (Å²) < 4.78 is 15.6. The van der Waals surface area contributed by atoms with Gasteiger partial charge in [0.15, 0.2) is 5.13 Å². The number of nitrogens with zero attached hydrogens (tertiary/aromatic N) is 2. The molecule has 34 heavy (non-hydrogen) atoms. The van der Waals surface area contributed by atoms with Crippen molar-refractivity contribution in [3.8, 4) is 0 Å². The molecule has 0 bridgehead atoms. The zero-order chi connectivity index (χ0) is 24.1. The molecule has 0 spiro atoms. The van der Waals surface area contributed by atoms with Crippen LogP contribution in [0.5, 0.6) is 0 Å². The van der Waals surface area contributed by atoms with E-state index in [0.717, 1.165) is 41.9 Å². The van der Waals surface area contributed by atoms with Gasteiger partial charge in [0.25, 0.3) is 0 Å². The molecule has 4 rings (SSSR count). The molecule has 9 heteroatoms. The highest BCUT2D eigenvalue weighted by Gasteiger charge is 2.26. The number of carbonyl (C=O) groups is 1. The Balaban J connectivity index is 1.31. The van der Waals surface area contributed by atoms with Crippen LogP contribution >= 0.6 is 27.3 Å². The number of benzene rings is 2. The van der Waals surface area contributed by atoms with E-state index in [1.54, 1.807) is 0 Å². The van der Waals surface area contributed by atoms with E-state index in [1.165, 1.54) is 17.4 Å². The van der Waals surface area contributed by atoms with Gasteiger partial charge in [0, 0.05) is 60.1 Å². The van der Waals surface area contributed by atoms with E-state index in [1.807, 2.05) is 29.6 Å². The summed E-state index contributed by atoms with van der Waals surface area (Å²) in [4.78, 5) is 19.3. The second-order valence-electron chi connectivity index (χ2n) is 8.93. The Morgan fingerprint density at radius 3 is 2.65 bits per heavy atom. The van der Waals surface area contributed by atoms with Gasteiger partial charge >= 0.3 is 6.03 Å². The van der Waals surface area contributed by atoms with Crippen molar-refractivity contribution < 1.29 is 9.18 Å². The van der Waals surface area contributed by atoms with Crippen molar-refractivity contribution in [3.05, 3.63) is 80.5 Å². The van der Waals surface area contributed by atoms with E-state index in [0.29, 0.717) is 22.8 Å². The van der Waals surface area contributed by atoms with Crippen LogP contribution < -0.4 is 16.0 Å². The zero-order valence-electron chi connectivity index (χ0n) is 19.3. The molecule has 0 saturated carbocycles. The molecule has 2 heterocycles. The number of aromatic nitrogens is 1. The minimum atomic E-state index is -0.368. The molecule has 0 aliphatic carbocycles. The monoisotopic (exact) mass is 545 g/mol. The third kappa shape index (κ3) is 6.21. The minimum Gasteiger partial charge on any atom is -0.334 e. The number of anilines is 1. The summed E-state index contributed by atoms with van der Waals surface area (Å²) >= 11 is 4.85. The molecule has 2 aromatic carbocycles. The van der Waals surface area contributed by atoms with Crippen molar-refractivity contribution >= 4 is 38.4 Å². The number of halogens is 2. The fourth-order valence-corrected chi connectivity index (χ4v) is 5.03. The summed E-state index contributed by atoms with van der Waals surface area (Å²) in [7, 11) is 0. The predicted octanol–water partition coefficient (Wildman–Crippen LogP) is 5.10. The lowest BCUT2D eigenvalue weighted by molar-refractivity contribution is 0.230. The summed E-state index contributed by atoms with van der Waals surface area (Å²) in [6.07, 6.45) is 0. The Morgan fingerprint density at radius 2 is 1.94 bits per heavy atom. The summed E-state index contributed by atoms with van der Waals surface area (Å²) in [6, 6.07) is 13.0. The topological polar surface area (TPSA) is 69.3 Å². The number of thiazole rings is 1. The van der Waals surface area contributed by atoms with E-state index in [2.05, 4.69) is 67.7 Å². The number of rotatable bonds is 7. The van der Waals surface area contributed by atoms with Crippen molar-refractivity contribution in [3.63, 3.8) is 0 Å². The van der Waals surface area contributed by atoms with E-state index in [-0.39, 0.29) is 23.8 Å². The molecule has 1 aliphatic rings. The number of carbonyl (C=O) groups excluding carboxylic acids is 1. The van der Waals surface area contributed by atoms with E-state index < -0.39 is 0 Å². The average molecular weight is 547 g/mol. The van der Waals surface area contributed by atoms with Crippen molar-refractivity contribution in [2.45, 2.75) is 32.4 Å². The molecule has 1 aromatic heterocycles. The Bertz CT molecular complexity index is 1130. The molecule has 3 aromatic rings. The molecule has 2 amide bonds. The maximum atomic E-state index is 14.6. The fraction of sp³-hybridized carbons (Fsp3) is 0.360. The first-order valence-electron chi connectivity index (χ1n) is 11.3. The van der Waals surface area contributed by atoms with Crippen LogP contribution in [0.2, 0.25) is 0 Å². The van der Waals surface area contributed by atoms with Gasteiger partial charge in [-0.25, -0.2) is 14.2 Å². The van der Waals surface area contributed by atoms with Crippen LogP contribution in [0.15, 0.2) is 52.3 Å². The van der Waals surface area contributed by atoms with Gasteiger partial charge in [0.1, 0.15) is 5.82 Å². The van der Waals surface area contributed by atoms with Crippen molar-refractivity contribution in [1.29, 1.82) is 0 Å². The smallest absolute Gasteiger partial charge is 0.321 e. The molecule has 1 fully saturated rings. The highest BCUT2D eigenvalue weighted by atomic mass is 79.9. The van der Waals surface area contributed by atoms with Gasteiger partial charge in [-0.3, -0.25) is 10.2 Å². The lowest BCUT2D eigenvalue weighted by atomic mass is 9.82. The highest BCUT2D eigenvalue weighted by Crippen LogP contribution is 2.34. The van der Waals surface area contributed by atoms with Crippen LogP contribution in [-0.2, 0) is 18.5 Å². The maximum absolute atomic E-state index is 14.6. The average Bonchev–Trinajstić information content (AvgIpc) is 3.30. The number of nitrogens with one attached hydrogen (secondary N) is 3. The van der Waals surface area contributed by atoms with Gasteiger partial charge < -0.3 is 10.6 Å². The maximum Gasteiger partial charge on any atom is 0.321 e. The standard InChI is InChI=1S/C25H29BrFN5OS/c1-25(2,19-5-7-20(26)8-6-19)22-16-34-24(30-22)31-23(33)29-14-17-3-4-18(21(27)13-17)15-32-11-9-28-10-12-32/h3-8,13,16,28H,9-12,14-15H2,1-2H3,(H2,29,30,31,33). The van der Waals surface area contributed by atoms with Crippen molar-refractivity contribution in [1.82, 2.24) is 20.5 Å². The normalized spacial score (nSPS) is 14.7. The van der Waals surface area contributed by atoms with Crippen LogP contribution in [0.4, 0.5) is 14.3 Å². The molecule has 0 radical (unpaired) electrons. The van der Waals surface area contributed by atoms with Crippen LogP contribution in [0.25, 0.3) is 0 Å². The molecule has 6 nitrogen and oxygen atoms in total. The van der Waals surface area contributed by atoms with Gasteiger partial charge in [-0.15, -0.1) is 11.3 Å². The van der Waals surface area contributed by atoms with E-state index in [4.69, 9.17) is 0 Å².